The van der Waals surface area contributed by atoms with Crippen LogP contribution in [0.25, 0.3) is 16.9 Å². The molecule has 4 rings (SSSR count). The molecule has 0 unspecified atom stereocenters. The first kappa shape index (κ1) is 31.8. The van der Waals surface area contributed by atoms with Crippen LogP contribution in [0.1, 0.15) is 43.6 Å². The minimum Gasteiger partial charge on any atom is -0.494 e. The summed E-state index contributed by atoms with van der Waals surface area (Å²) in [6.45, 7) is 14.4. The maximum atomic E-state index is 14.8. The summed E-state index contributed by atoms with van der Waals surface area (Å²) in [6.07, 6.45) is 5.29. The van der Waals surface area contributed by atoms with Gasteiger partial charge in [-0.3, -0.25) is 9.20 Å². The van der Waals surface area contributed by atoms with Gasteiger partial charge in [0.1, 0.15) is 6.54 Å². The van der Waals surface area contributed by atoms with Gasteiger partial charge in [0.25, 0.3) is 5.91 Å². The average Bonchev–Trinajstić information content (AvgIpc) is 3.47. The third-order valence-corrected chi connectivity index (χ3v) is 8.22. The number of nitrogens with one attached hydrogen (secondary N) is 2. The van der Waals surface area contributed by atoms with E-state index < -0.39 is 11.6 Å². The van der Waals surface area contributed by atoms with E-state index in [1.165, 1.54) is 25.4 Å². The van der Waals surface area contributed by atoms with Crippen LogP contribution in [0.5, 0.6) is 5.75 Å². The molecule has 0 saturated carbocycles. The van der Waals surface area contributed by atoms with Gasteiger partial charge in [-0.15, -0.1) is 0 Å². The summed E-state index contributed by atoms with van der Waals surface area (Å²) < 4.78 is 42.6. The lowest BCUT2D eigenvalue weighted by atomic mass is 10.0. The molecule has 11 heteroatoms. The molecule has 0 radical (unpaired) electrons. The number of quaternary nitrogens is 1. The highest BCUT2D eigenvalue weighted by Crippen LogP contribution is 2.31. The lowest BCUT2D eigenvalue weighted by molar-refractivity contribution is -0.923. The fourth-order valence-corrected chi connectivity index (χ4v) is 5.25. The van der Waals surface area contributed by atoms with Gasteiger partial charge in [-0.05, 0) is 63.1 Å². The van der Waals surface area contributed by atoms with E-state index in [-0.39, 0.29) is 17.2 Å². The van der Waals surface area contributed by atoms with Crippen molar-refractivity contribution >= 4 is 23.1 Å². The number of carbonyl (C=O) groups excluding carboxylic acids is 1. The van der Waals surface area contributed by atoms with E-state index in [0.29, 0.717) is 54.6 Å². The minimum atomic E-state index is -1.06. The molecule has 0 aliphatic rings. The molecule has 0 fully saturated rings. The third-order valence-electron chi connectivity index (χ3n) is 8.22. The number of likely N-dealkylation sites (N-methyl/N-ethyl adjacent to an activating group) is 1. The van der Waals surface area contributed by atoms with Gasteiger partial charge < -0.3 is 24.6 Å². The van der Waals surface area contributed by atoms with Crippen molar-refractivity contribution in [3.05, 3.63) is 71.7 Å². The van der Waals surface area contributed by atoms with Crippen LogP contribution in [0.4, 0.5) is 20.3 Å². The summed E-state index contributed by atoms with van der Waals surface area (Å²) in [4.78, 5) is 21.8. The molecule has 230 valence electrons. The summed E-state index contributed by atoms with van der Waals surface area (Å²) in [7, 11) is 1.28. The van der Waals surface area contributed by atoms with Crippen molar-refractivity contribution in [1.29, 1.82) is 0 Å². The van der Waals surface area contributed by atoms with E-state index in [1.807, 2.05) is 13.0 Å². The largest absolute Gasteiger partial charge is 0.494 e. The first-order valence-electron chi connectivity index (χ1n) is 14.8. The second-order valence-corrected chi connectivity index (χ2v) is 10.3. The van der Waals surface area contributed by atoms with Crippen LogP contribution < -0.4 is 15.4 Å². The van der Waals surface area contributed by atoms with Gasteiger partial charge in [-0.25, -0.2) is 14.4 Å². The first-order valence-corrected chi connectivity index (χ1v) is 14.8. The molecule has 2 aromatic carbocycles. The van der Waals surface area contributed by atoms with Crippen LogP contribution in [0.15, 0.2) is 48.9 Å². The van der Waals surface area contributed by atoms with Crippen molar-refractivity contribution in [1.82, 2.24) is 19.7 Å². The standard InChI is InChI=1S/C32H40F2N6O3/c1-6-22-20-23(10-11-24(22)32(41)36-15-18-43-19-17-40(7-2,8-3)9-4)38-30-31-37-21-26(39(31)16-14-35-30)25-12-13-27(42-5)29(34)28(25)33/h10-14,16,20-21H,6-9,15,17-19H2,1-5H3,(H-,35,36,38,41)/p+1. The zero-order chi connectivity index (χ0) is 31.0. The summed E-state index contributed by atoms with van der Waals surface area (Å²) >= 11 is 0. The number of methoxy groups -OCH3 is 1. The smallest absolute Gasteiger partial charge is 0.251 e. The van der Waals surface area contributed by atoms with Gasteiger partial charge in [-0.1, -0.05) is 6.92 Å². The molecule has 43 heavy (non-hydrogen) atoms. The normalized spacial score (nSPS) is 11.6. The quantitative estimate of drug-likeness (QED) is 0.137. The highest BCUT2D eigenvalue weighted by atomic mass is 19.2. The molecule has 2 aromatic heterocycles. The van der Waals surface area contributed by atoms with Gasteiger partial charge in [0.2, 0.25) is 5.82 Å². The predicted molar refractivity (Wildman–Crippen MR) is 164 cm³/mol. The molecule has 0 saturated heterocycles. The molecule has 2 N–H and O–H groups in total. The van der Waals surface area contributed by atoms with E-state index in [0.717, 1.165) is 36.2 Å². The fourth-order valence-electron chi connectivity index (χ4n) is 5.25. The molecule has 2 heterocycles. The monoisotopic (exact) mass is 595 g/mol. The Morgan fingerprint density at radius 2 is 1.77 bits per heavy atom. The number of aryl methyl sites for hydroxylation is 1. The van der Waals surface area contributed by atoms with Gasteiger partial charge >= 0.3 is 0 Å². The lowest BCUT2D eigenvalue weighted by Gasteiger charge is -2.35. The van der Waals surface area contributed by atoms with Gasteiger partial charge in [0.05, 0.1) is 51.8 Å². The Morgan fingerprint density at radius 1 is 1.00 bits per heavy atom. The Kier molecular flexibility index (Phi) is 10.7. The SMILES string of the molecule is CCc1cc(Nc2nccn3c(-c4ccc(OC)c(F)c4F)cnc23)ccc1C(=O)NCCOCC[N+](CC)(CC)CC. The number of halogens is 2. The number of anilines is 2. The van der Waals surface area contributed by atoms with Crippen molar-refractivity contribution in [3.8, 4) is 17.0 Å². The Morgan fingerprint density at radius 3 is 2.47 bits per heavy atom. The van der Waals surface area contributed by atoms with Crippen LogP contribution in [0.2, 0.25) is 0 Å². The van der Waals surface area contributed by atoms with Crippen molar-refractivity contribution in [2.24, 2.45) is 0 Å². The molecule has 0 spiro atoms. The molecule has 0 atom stereocenters. The second kappa shape index (κ2) is 14.4. The predicted octanol–water partition coefficient (Wildman–Crippen LogP) is 5.61. The number of fused-ring (bicyclic) bond motifs is 1. The minimum absolute atomic E-state index is 0.0483. The molecular formula is C32H41F2N6O3+. The number of benzene rings is 2. The lowest BCUT2D eigenvalue weighted by Crippen LogP contribution is -2.49. The Balaban J connectivity index is 1.42. The summed E-state index contributed by atoms with van der Waals surface area (Å²) in [5.41, 5.74) is 3.02. The van der Waals surface area contributed by atoms with Crippen molar-refractivity contribution in [2.45, 2.75) is 34.1 Å². The number of aromatic nitrogens is 3. The summed E-state index contributed by atoms with van der Waals surface area (Å²) in [6, 6.07) is 8.30. The highest BCUT2D eigenvalue weighted by Gasteiger charge is 2.21. The van der Waals surface area contributed by atoms with Crippen LogP contribution in [0.3, 0.4) is 0 Å². The van der Waals surface area contributed by atoms with Crippen LogP contribution in [-0.2, 0) is 11.2 Å². The Bertz CT molecular complexity index is 1550. The van der Waals surface area contributed by atoms with Crippen LogP contribution in [-0.4, -0.2) is 77.8 Å². The molecule has 4 aromatic rings. The number of hydrogen-bond donors (Lipinski definition) is 2. The Labute approximate surface area is 251 Å². The van der Waals surface area contributed by atoms with E-state index in [1.54, 1.807) is 28.9 Å². The molecular weight excluding hydrogens is 554 g/mol. The Hall–Kier alpha value is -4.09. The van der Waals surface area contributed by atoms with Crippen molar-refractivity contribution in [2.75, 3.05) is 58.4 Å². The number of nitrogens with zero attached hydrogens (tertiary/aromatic N) is 4. The van der Waals surface area contributed by atoms with Gasteiger partial charge in [-0.2, -0.15) is 4.39 Å². The zero-order valence-electron chi connectivity index (χ0n) is 25.5. The third kappa shape index (κ3) is 6.94. The zero-order valence-corrected chi connectivity index (χ0v) is 25.5. The molecule has 0 bridgehead atoms. The van der Waals surface area contributed by atoms with Gasteiger partial charge in [0, 0.05) is 35.8 Å². The topological polar surface area (TPSA) is 89.8 Å². The molecule has 9 nitrogen and oxygen atoms in total. The number of carbonyl (C=O) groups is 1. The van der Waals surface area contributed by atoms with Gasteiger partial charge in [0.15, 0.2) is 23.0 Å². The summed E-state index contributed by atoms with van der Waals surface area (Å²) in [5, 5.41) is 6.21. The molecule has 0 aliphatic carbocycles. The van der Waals surface area contributed by atoms with E-state index in [9.17, 15) is 13.6 Å². The fraction of sp³-hybridized carbons (Fsp3) is 0.406. The molecule has 1 amide bonds. The average molecular weight is 596 g/mol. The number of ether oxygens (including phenoxy) is 2. The summed E-state index contributed by atoms with van der Waals surface area (Å²) in [5.74, 6) is -1.98. The number of rotatable bonds is 15. The number of amides is 1. The maximum Gasteiger partial charge on any atom is 0.251 e. The highest BCUT2D eigenvalue weighted by molar-refractivity contribution is 5.96. The number of hydrogen-bond acceptors (Lipinski definition) is 6. The van der Waals surface area contributed by atoms with E-state index >= 15 is 0 Å². The van der Waals surface area contributed by atoms with E-state index in [4.69, 9.17) is 9.47 Å². The van der Waals surface area contributed by atoms with Crippen molar-refractivity contribution in [3.63, 3.8) is 0 Å². The van der Waals surface area contributed by atoms with E-state index in [2.05, 4.69) is 41.4 Å². The first-order chi connectivity index (χ1) is 20.8. The van der Waals surface area contributed by atoms with Crippen LogP contribution >= 0.6 is 0 Å². The van der Waals surface area contributed by atoms with Crippen molar-refractivity contribution < 1.29 is 27.5 Å². The molecule has 0 aliphatic heterocycles. The maximum absolute atomic E-state index is 14.8. The number of imidazole rings is 1. The second-order valence-electron chi connectivity index (χ2n) is 10.3. The van der Waals surface area contributed by atoms with Crippen LogP contribution in [0, 0.1) is 11.6 Å².